The maximum Gasteiger partial charge on any atom is 0.0665 e. The predicted octanol–water partition coefficient (Wildman–Crippen LogP) is 3.58. The third kappa shape index (κ3) is 2.60. The van der Waals surface area contributed by atoms with E-state index >= 15 is 0 Å². The lowest BCUT2D eigenvalue weighted by atomic mass is 10.1. The molecule has 0 amide bonds. The van der Waals surface area contributed by atoms with Crippen LogP contribution >= 0.6 is 0 Å². The van der Waals surface area contributed by atoms with Crippen molar-refractivity contribution in [2.75, 3.05) is 20.1 Å². The van der Waals surface area contributed by atoms with Gasteiger partial charge < -0.3 is 0 Å². The van der Waals surface area contributed by atoms with Crippen molar-refractivity contribution in [1.29, 1.82) is 0 Å². The first-order chi connectivity index (χ1) is 10.8. The Morgan fingerprint density at radius 2 is 1.23 bits per heavy atom. The summed E-state index contributed by atoms with van der Waals surface area (Å²) in [6.45, 7) is 1.81. The van der Waals surface area contributed by atoms with Gasteiger partial charge in [-0.25, -0.2) is 0 Å². The van der Waals surface area contributed by atoms with Crippen LogP contribution in [0.4, 0.5) is 11.4 Å². The van der Waals surface area contributed by atoms with Crippen molar-refractivity contribution in [1.82, 2.24) is 4.90 Å². The molecule has 0 N–H and O–H groups in total. The molecule has 0 saturated carbocycles. The van der Waals surface area contributed by atoms with E-state index < -0.39 is 0 Å². The van der Waals surface area contributed by atoms with Crippen LogP contribution in [0.3, 0.4) is 0 Å². The van der Waals surface area contributed by atoms with Crippen LogP contribution in [0.1, 0.15) is 11.1 Å². The van der Waals surface area contributed by atoms with E-state index in [2.05, 4.69) is 60.5 Å². The second-order valence-corrected chi connectivity index (χ2v) is 6.14. The number of benzene rings is 2. The molecule has 0 aliphatic carbocycles. The fraction of sp³-hybridized carbons (Fsp3) is 0.263. The molecule has 2 aromatic rings. The SMILES string of the molecule is CN(CC1=Nc2ccccc2C1)CC1=Nc2ccccc2C1. The van der Waals surface area contributed by atoms with Crippen LogP contribution < -0.4 is 0 Å². The topological polar surface area (TPSA) is 28.0 Å². The van der Waals surface area contributed by atoms with Crippen LogP contribution in [0.2, 0.25) is 0 Å². The van der Waals surface area contributed by atoms with Crippen molar-refractivity contribution in [3.8, 4) is 0 Å². The summed E-state index contributed by atoms with van der Waals surface area (Å²) in [4.78, 5) is 11.8. The molecule has 4 rings (SSSR count). The molecule has 2 heterocycles. The van der Waals surface area contributed by atoms with Crippen LogP contribution in [0.25, 0.3) is 0 Å². The average Bonchev–Trinajstić information content (AvgIpc) is 3.08. The van der Waals surface area contributed by atoms with E-state index in [0.717, 1.165) is 37.3 Å². The van der Waals surface area contributed by atoms with Gasteiger partial charge in [0.05, 0.1) is 11.4 Å². The minimum absolute atomic E-state index is 0.907. The summed E-state index contributed by atoms with van der Waals surface area (Å²) >= 11 is 0. The Hall–Kier alpha value is -2.26. The highest BCUT2D eigenvalue weighted by Gasteiger charge is 2.18. The van der Waals surface area contributed by atoms with Gasteiger partial charge in [-0.3, -0.25) is 14.9 Å². The van der Waals surface area contributed by atoms with Gasteiger partial charge in [0, 0.05) is 37.4 Å². The Bertz CT molecular complexity index is 708. The molecule has 2 aliphatic heterocycles. The van der Waals surface area contributed by atoms with Crippen molar-refractivity contribution in [2.45, 2.75) is 12.8 Å². The van der Waals surface area contributed by atoms with Crippen LogP contribution in [0, 0.1) is 0 Å². The Morgan fingerprint density at radius 3 is 1.68 bits per heavy atom. The number of aliphatic imine (C=N–C) groups is 2. The van der Waals surface area contributed by atoms with Crippen molar-refractivity contribution in [2.24, 2.45) is 9.98 Å². The highest BCUT2D eigenvalue weighted by atomic mass is 15.1. The van der Waals surface area contributed by atoms with Crippen molar-refractivity contribution in [3.05, 3.63) is 59.7 Å². The molecule has 0 unspecified atom stereocenters. The molecule has 3 nitrogen and oxygen atoms in total. The number of hydrogen-bond acceptors (Lipinski definition) is 3. The molecule has 0 bridgehead atoms. The Morgan fingerprint density at radius 1 is 0.773 bits per heavy atom. The molecule has 0 fully saturated rings. The Labute approximate surface area is 131 Å². The predicted molar refractivity (Wildman–Crippen MR) is 92.0 cm³/mol. The summed E-state index contributed by atoms with van der Waals surface area (Å²) in [5.74, 6) is 0. The molecule has 3 heteroatoms. The fourth-order valence-corrected chi connectivity index (χ4v) is 3.26. The minimum atomic E-state index is 0.907. The second-order valence-electron chi connectivity index (χ2n) is 6.14. The first kappa shape index (κ1) is 13.4. The van der Waals surface area contributed by atoms with E-state index in [1.165, 1.54) is 22.6 Å². The summed E-state index contributed by atoms with van der Waals surface area (Å²) < 4.78 is 0. The summed E-state index contributed by atoms with van der Waals surface area (Å²) in [7, 11) is 2.15. The Kier molecular flexibility index (Phi) is 3.35. The van der Waals surface area contributed by atoms with E-state index in [1.54, 1.807) is 0 Å². The van der Waals surface area contributed by atoms with Crippen molar-refractivity contribution >= 4 is 22.8 Å². The van der Waals surface area contributed by atoms with Crippen molar-refractivity contribution < 1.29 is 0 Å². The molecule has 0 saturated heterocycles. The van der Waals surface area contributed by atoms with Gasteiger partial charge >= 0.3 is 0 Å². The zero-order chi connectivity index (χ0) is 14.9. The number of fused-ring (bicyclic) bond motifs is 2. The summed E-state index contributed by atoms with van der Waals surface area (Å²) in [6.07, 6.45) is 1.96. The summed E-state index contributed by atoms with van der Waals surface area (Å²) in [5, 5.41) is 0. The first-order valence-electron chi connectivity index (χ1n) is 7.75. The van der Waals surface area contributed by atoms with Crippen LogP contribution in [0.5, 0.6) is 0 Å². The van der Waals surface area contributed by atoms with Crippen molar-refractivity contribution in [3.63, 3.8) is 0 Å². The number of rotatable bonds is 4. The van der Waals surface area contributed by atoms with Crippen LogP contribution in [-0.2, 0) is 12.8 Å². The van der Waals surface area contributed by atoms with E-state index in [4.69, 9.17) is 9.98 Å². The number of hydrogen-bond donors (Lipinski definition) is 0. The molecular weight excluding hydrogens is 270 g/mol. The van der Waals surface area contributed by atoms with Gasteiger partial charge in [0.15, 0.2) is 0 Å². The third-order valence-electron chi connectivity index (χ3n) is 4.23. The monoisotopic (exact) mass is 289 g/mol. The first-order valence-corrected chi connectivity index (χ1v) is 7.75. The van der Waals surface area contributed by atoms with E-state index in [1.807, 2.05) is 0 Å². The third-order valence-corrected chi connectivity index (χ3v) is 4.23. The number of nitrogens with zero attached hydrogens (tertiary/aromatic N) is 3. The van der Waals surface area contributed by atoms with E-state index in [-0.39, 0.29) is 0 Å². The molecule has 2 aromatic carbocycles. The lowest BCUT2D eigenvalue weighted by Crippen LogP contribution is -2.31. The average molecular weight is 289 g/mol. The lowest BCUT2D eigenvalue weighted by Gasteiger charge is -2.16. The van der Waals surface area contributed by atoms with Gasteiger partial charge in [0.2, 0.25) is 0 Å². The normalized spacial score (nSPS) is 15.5. The molecule has 2 aliphatic rings. The van der Waals surface area contributed by atoms with Gasteiger partial charge in [-0.15, -0.1) is 0 Å². The van der Waals surface area contributed by atoms with Gasteiger partial charge in [0.1, 0.15) is 0 Å². The van der Waals surface area contributed by atoms with E-state index in [9.17, 15) is 0 Å². The van der Waals surface area contributed by atoms with Gasteiger partial charge in [-0.1, -0.05) is 36.4 Å². The zero-order valence-electron chi connectivity index (χ0n) is 12.8. The number of para-hydroxylation sites is 2. The smallest absolute Gasteiger partial charge is 0.0665 e. The summed E-state index contributed by atoms with van der Waals surface area (Å²) in [6, 6.07) is 16.8. The second kappa shape index (κ2) is 5.50. The highest BCUT2D eigenvalue weighted by molar-refractivity contribution is 5.97. The molecule has 0 spiro atoms. The minimum Gasteiger partial charge on any atom is -0.295 e. The maximum absolute atomic E-state index is 4.74. The van der Waals surface area contributed by atoms with Crippen LogP contribution in [-0.4, -0.2) is 36.5 Å². The summed E-state index contributed by atoms with van der Waals surface area (Å²) in [5.41, 5.74) is 7.46. The van der Waals surface area contributed by atoms with Gasteiger partial charge in [-0.2, -0.15) is 0 Å². The lowest BCUT2D eigenvalue weighted by molar-refractivity contribution is 0.434. The fourth-order valence-electron chi connectivity index (χ4n) is 3.26. The standard InChI is InChI=1S/C19H19N3/c1-22(12-16-10-14-6-2-4-8-18(14)20-16)13-17-11-15-7-3-5-9-19(15)21-17/h2-9H,10-13H2,1H3. The molecule has 110 valence electrons. The van der Waals surface area contributed by atoms with E-state index in [0.29, 0.717) is 0 Å². The molecular formula is C19H19N3. The molecule has 22 heavy (non-hydrogen) atoms. The van der Waals surface area contributed by atoms with Gasteiger partial charge in [-0.05, 0) is 30.3 Å². The van der Waals surface area contributed by atoms with Gasteiger partial charge in [0.25, 0.3) is 0 Å². The quantitative estimate of drug-likeness (QED) is 0.845. The Balaban J connectivity index is 1.38. The maximum atomic E-state index is 4.74. The molecule has 0 atom stereocenters. The molecule has 0 radical (unpaired) electrons. The highest BCUT2D eigenvalue weighted by Crippen LogP contribution is 2.27. The zero-order valence-corrected chi connectivity index (χ0v) is 12.8. The van der Waals surface area contributed by atoms with Crippen LogP contribution in [0.15, 0.2) is 58.5 Å². The molecule has 0 aromatic heterocycles. The largest absolute Gasteiger partial charge is 0.295 e.